The molecule has 2 unspecified atom stereocenters. The molecular weight excluding hydrogens is 560 g/mol. The minimum absolute atomic E-state index is 0.114. The molecule has 44 heavy (non-hydrogen) atoms. The van der Waals surface area contributed by atoms with E-state index in [1.54, 1.807) is 19.1 Å². The van der Waals surface area contributed by atoms with E-state index in [1.165, 1.54) is 25.7 Å². The molecule has 0 amide bonds. The van der Waals surface area contributed by atoms with Crippen LogP contribution in [0.2, 0.25) is 0 Å². The molecule has 0 aliphatic heterocycles. The molecule has 0 heterocycles. The van der Waals surface area contributed by atoms with Crippen LogP contribution >= 0.6 is 0 Å². The molecule has 0 aromatic carbocycles. The van der Waals surface area contributed by atoms with E-state index in [4.69, 9.17) is 9.47 Å². The van der Waals surface area contributed by atoms with E-state index in [0.29, 0.717) is 24.8 Å². The molecule has 0 aromatic heterocycles. The van der Waals surface area contributed by atoms with E-state index < -0.39 is 58.7 Å². The predicted molar refractivity (Wildman–Crippen MR) is 167 cm³/mol. The Morgan fingerprint density at radius 1 is 0.955 bits per heavy atom. The van der Waals surface area contributed by atoms with Crippen molar-refractivity contribution in [2.75, 3.05) is 6.61 Å². The molecule has 4 aliphatic carbocycles. The molecule has 0 saturated heterocycles. The van der Waals surface area contributed by atoms with Gasteiger partial charge in [-0.1, -0.05) is 98.1 Å². The van der Waals surface area contributed by atoms with Gasteiger partial charge in [0.2, 0.25) is 0 Å². The standard InChI is InChI=1S/C36H56O8/c1-7-9-11-12-13-14-16-18-28(39)44-35-21-24(4)34-20-23(3)32(43-27(38)17-15-10-8-2)36(34,42)30(40)25(22-37)19-26(31(34)41)29(35)33(35,5)6/h19-20,24,26,29-30,32,37,40,42H,7-18,21-22H2,1-6H3/t24?,26-,29+,30+,32-,34?,35-,36-/m0/s1. The van der Waals surface area contributed by atoms with Crippen molar-refractivity contribution in [2.45, 2.75) is 148 Å². The van der Waals surface area contributed by atoms with Gasteiger partial charge in [0.05, 0.1) is 12.0 Å². The Hall–Kier alpha value is -2.03. The first-order valence-corrected chi connectivity index (χ1v) is 17.2. The first kappa shape index (κ1) is 34.8. The Kier molecular flexibility index (Phi) is 10.6. The van der Waals surface area contributed by atoms with Gasteiger partial charge in [-0.05, 0) is 43.3 Å². The highest BCUT2D eigenvalue weighted by Gasteiger charge is 2.83. The molecule has 4 rings (SSSR count). The van der Waals surface area contributed by atoms with Crippen LogP contribution in [0.25, 0.3) is 0 Å². The number of carbonyl (C=O) groups is 3. The number of allylic oxidation sites excluding steroid dienone is 1. The summed E-state index contributed by atoms with van der Waals surface area (Å²) in [7, 11) is 0. The lowest BCUT2D eigenvalue weighted by Gasteiger charge is -2.49. The van der Waals surface area contributed by atoms with Crippen LogP contribution in [0.3, 0.4) is 0 Å². The smallest absolute Gasteiger partial charge is 0.306 e. The topological polar surface area (TPSA) is 130 Å². The number of rotatable bonds is 15. The van der Waals surface area contributed by atoms with Crippen molar-refractivity contribution in [1.82, 2.24) is 0 Å². The van der Waals surface area contributed by atoms with Gasteiger partial charge in [0.25, 0.3) is 0 Å². The van der Waals surface area contributed by atoms with Crippen LogP contribution in [0.5, 0.6) is 0 Å². The maximum atomic E-state index is 14.8. The zero-order valence-corrected chi connectivity index (χ0v) is 27.8. The number of hydrogen-bond acceptors (Lipinski definition) is 8. The van der Waals surface area contributed by atoms with Gasteiger partial charge < -0.3 is 24.8 Å². The Balaban J connectivity index is 1.64. The fraction of sp³-hybridized carbons (Fsp3) is 0.806. The summed E-state index contributed by atoms with van der Waals surface area (Å²) in [4.78, 5) is 41.0. The lowest BCUT2D eigenvalue weighted by molar-refractivity contribution is -0.204. The van der Waals surface area contributed by atoms with Gasteiger partial charge in [0.1, 0.15) is 11.7 Å². The van der Waals surface area contributed by atoms with Gasteiger partial charge in [-0.2, -0.15) is 0 Å². The number of unbranched alkanes of at least 4 members (excludes halogenated alkanes) is 8. The number of hydrogen-bond donors (Lipinski definition) is 3. The third kappa shape index (κ3) is 5.51. The van der Waals surface area contributed by atoms with Crippen molar-refractivity contribution >= 4 is 17.7 Å². The molecular formula is C36H56O8. The van der Waals surface area contributed by atoms with Gasteiger partial charge in [0, 0.05) is 30.1 Å². The molecule has 3 N–H and O–H groups in total. The summed E-state index contributed by atoms with van der Waals surface area (Å²) in [5.41, 5.74) is -4.69. The summed E-state index contributed by atoms with van der Waals surface area (Å²) in [6, 6.07) is 0. The average molecular weight is 617 g/mol. The van der Waals surface area contributed by atoms with E-state index in [-0.39, 0.29) is 29.7 Å². The average Bonchev–Trinajstić information content (AvgIpc) is 3.37. The zero-order valence-electron chi connectivity index (χ0n) is 27.8. The maximum absolute atomic E-state index is 14.8. The summed E-state index contributed by atoms with van der Waals surface area (Å²) in [5.74, 6) is -2.84. The number of aliphatic hydroxyl groups is 3. The second-order valence-corrected chi connectivity index (χ2v) is 14.6. The molecule has 0 aromatic rings. The number of ketones is 1. The summed E-state index contributed by atoms with van der Waals surface area (Å²) < 4.78 is 12.3. The normalized spacial score (nSPS) is 36.8. The number of fused-ring (bicyclic) bond motifs is 3. The highest BCUT2D eigenvalue weighted by molar-refractivity contribution is 5.96. The van der Waals surface area contributed by atoms with E-state index >= 15 is 0 Å². The lowest BCUT2D eigenvalue weighted by Crippen LogP contribution is -2.66. The fourth-order valence-electron chi connectivity index (χ4n) is 9.08. The van der Waals surface area contributed by atoms with Gasteiger partial charge >= 0.3 is 11.9 Å². The van der Waals surface area contributed by atoms with Crippen LogP contribution in [0.4, 0.5) is 0 Å². The minimum Gasteiger partial charge on any atom is -0.458 e. The minimum atomic E-state index is -2.22. The number of esters is 2. The second-order valence-electron chi connectivity index (χ2n) is 14.6. The van der Waals surface area contributed by atoms with Gasteiger partial charge in [0.15, 0.2) is 17.5 Å². The molecule has 2 fully saturated rings. The summed E-state index contributed by atoms with van der Waals surface area (Å²) in [6.45, 7) is 11.2. The first-order valence-electron chi connectivity index (χ1n) is 17.2. The molecule has 8 atom stereocenters. The van der Waals surface area contributed by atoms with E-state index in [2.05, 4.69) is 6.92 Å². The summed E-state index contributed by atoms with van der Waals surface area (Å²) in [6.07, 6.45) is 11.2. The Bertz CT molecular complexity index is 1150. The van der Waals surface area contributed by atoms with Crippen molar-refractivity contribution < 1.29 is 39.2 Å². The lowest BCUT2D eigenvalue weighted by atomic mass is 9.59. The maximum Gasteiger partial charge on any atom is 0.306 e. The van der Waals surface area contributed by atoms with Crippen LogP contribution in [0, 0.1) is 28.6 Å². The SMILES string of the molecule is CCCCCCCCCC(=O)O[C@@]12CC(C)C34C=C(C)[C@H](OC(=O)CCCCC)[C@@]3(O)[C@H](O)C(CO)=C[C@H](C4=O)[C@@H]1C2(C)C. The van der Waals surface area contributed by atoms with Crippen molar-refractivity contribution in [2.24, 2.45) is 28.6 Å². The summed E-state index contributed by atoms with van der Waals surface area (Å²) in [5, 5.41) is 34.8. The third-order valence-corrected chi connectivity index (χ3v) is 11.5. The molecule has 8 nitrogen and oxygen atoms in total. The first-order chi connectivity index (χ1) is 20.8. The molecule has 4 aliphatic rings. The molecule has 8 heteroatoms. The van der Waals surface area contributed by atoms with Gasteiger partial charge in [-0.25, -0.2) is 0 Å². The van der Waals surface area contributed by atoms with Crippen molar-refractivity contribution in [3.8, 4) is 0 Å². The Labute approximate surface area is 263 Å². The molecule has 2 bridgehead atoms. The fourth-order valence-corrected chi connectivity index (χ4v) is 9.08. The van der Waals surface area contributed by atoms with Gasteiger partial charge in [-0.3, -0.25) is 14.4 Å². The number of Topliss-reactive ketones (excluding diaryl/α,β-unsaturated/α-hetero) is 1. The molecule has 1 spiro atoms. The van der Waals surface area contributed by atoms with Crippen LogP contribution in [0.15, 0.2) is 23.3 Å². The molecule has 0 radical (unpaired) electrons. The van der Waals surface area contributed by atoms with Crippen LogP contribution in [-0.2, 0) is 23.9 Å². The highest BCUT2D eigenvalue weighted by atomic mass is 16.6. The van der Waals surface area contributed by atoms with Gasteiger partial charge in [-0.15, -0.1) is 0 Å². The van der Waals surface area contributed by atoms with E-state index in [1.807, 2.05) is 27.7 Å². The summed E-state index contributed by atoms with van der Waals surface area (Å²) >= 11 is 0. The number of aliphatic hydroxyl groups excluding tert-OH is 2. The van der Waals surface area contributed by atoms with Crippen LogP contribution in [0.1, 0.15) is 125 Å². The second kappa shape index (κ2) is 13.4. The Morgan fingerprint density at radius 3 is 2.16 bits per heavy atom. The largest absolute Gasteiger partial charge is 0.458 e. The molecule has 2 saturated carbocycles. The highest BCUT2D eigenvalue weighted by Crippen LogP contribution is 2.75. The van der Waals surface area contributed by atoms with E-state index in [9.17, 15) is 29.7 Å². The van der Waals surface area contributed by atoms with Crippen LogP contribution < -0.4 is 0 Å². The van der Waals surface area contributed by atoms with Crippen molar-refractivity contribution in [1.29, 1.82) is 0 Å². The monoisotopic (exact) mass is 616 g/mol. The Morgan fingerprint density at radius 2 is 1.52 bits per heavy atom. The molecule has 248 valence electrons. The van der Waals surface area contributed by atoms with E-state index in [0.717, 1.165) is 32.1 Å². The zero-order chi connectivity index (χ0) is 32.5. The van der Waals surface area contributed by atoms with Crippen molar-refractivity contribution in [3.05, 3.63) is 23.3 Å². The van der Waals surface area contributed by atoms with Crippen LogP contribution in [-0.4, -0.2) is 63.1 Å². The number of ether oxygens (including phenoxy) is 2. The predicted octanol–water partition coefficient (Wildman–Crippen LogP) is 5.75. The number of carbonyl (C=O) groups excluding carboxylic acids is 3. The quantitative estimate of drug-likeness (QED) is 0.120. The van der Waals surface area contributed by atoms with Crippen molar-refractivity contribution in [3.63, 3.8) is 0 Å². The third-order valence-electron chi connectivity index (χ3n) is 11.5.